The zero-order valence-corrected chi connectivity index (χ0v) is 17.3. The van der Waals surface area contributed by atoms with Crippen molar-refractivity contribution in [3.05, 3.63) is 36.5 Å². The second kappa shape index (κ2) is 9.13. The van der Waals surface area contributed by atoms with E-state index >= 15 is 0 Å². The van der Waals surface area contributed by atoms with Crippen LogP contribution in [0.2, 0.25) is 0 Å². The van der Waals surface area contributed by atoms with Crippen LogP contribution in [0.5, 0.6) is 11.5 Å². The highest BCUT2D eigenvalue weighted by atomic mass is 32.2. The molecule has 29 heavy (non-hydrogen) atoms. The van der Waals surface area contributed by atoms with Crippen molar-refractivity contribution < 1.29 is 14.0 Å². The van der Waals surface area contributed by atoms with E-state index < -0.39 is 0 Å². The van der Waals surface area contributed by atoms with Crippen LogP contribution in [-0.2, 0) is 5.75 Å². The van der Waals surface area contributed by atoms with Gasteiger partial charge in [-0.3, -0.25) is 0 Å². The van der Waals surface area contributed by atoms with Crippen molar-refractivity contribution >= 4 is 17.6 Å². The lowest BCUT2D eigenvalue weighted by Gasteiger charge is -2.28. The van der Waals surface area contributed by atoms with E-state index in [0.717, 1.165) is 29.5 Å². The summed E-state index contributed by atoms with van der Waals surface area (Å²) in [4.78, 5) is 15.9. The minimum Gasteiger partial charge on any atom is -0.493 e. The summed E-state index contributed by atoms with van der Waals surface area (Å²) < 4.78 is 16.3. The van der Waals surface area contributed by atoms with E-state index in [4.69, 9.17) is 14.0 Å². The summed E-state index contributed by atoms with van der Waals surface area (Å²) in [6, 6.07) is 5.57. The van der Waals surface area contributed by atoms with Crippen LogP contribution in [0.25, 0.3) is 11.4 Å². The average Bonchev–Trinajstić information content (AvgIpc) is 3.26. The van der Waals surface area contributed by atoms with Crippen molar-refractivity contribution in [2.24, 2.45) is 0 Å². The smallest absolute Gasteiger partial charge is 0.237 e. The quantitative estimate of drug-likeness (QED) is 0.536. The molecule has 1 saturated heterocycles. The number of rotatable bonds is 7. The summed E-state index contributed by atoms with van der Waals surface area (Å²) in [5.41, 5.74) is 0.723. The third kappa shape index (κ3) is 4.29. The predicted molar refractivity (Wildman–Crippen MR) is 110 cm³/mol. The van der Waals surface area contributed by atoms with E-state index in [0.29, 0.717) is 29.0 Å². The van der Waals surface area contributed by atoms with Crippen LogP contribution >= 0.6 is 11.8 Å². The highest BCUT2D eigenvalue weighted by Gasteiger charge is 2.19. The van der Waals surface area contributed by atoms with Gasteiger partial charge in [0, 0.05) is 25.5 Å². The summed E-state index contributed by atoms with van der Waals surface area (Å²) in [7, 11) is 3.19. The molecule has 4 rings (SSSR count). The molecule has 0 N–H and O–H groups in total. The molecule has 2 aromatic heterocycles. The Morgan fingerprint density at radius 3 is 2.69 bits per heavy atom. The number of nitrogens with zero attached hydrogens (tertiary/aromatic N) is 5. The molecule has 0 bridgehead atoms. The lowest BCUT2D eigenvalue weighted by Crippen LogP contribution is -2.30. The van der Waals surface area contributed by atoms with Crippen molar-refractivity contribution in [3.63, 3.8) is 0 Å². The monoisotopic (exact) mass is 413 g/mol. The Morgan fingerprint density at radius 1 is 1.07 bits per heavy atom. The van der Waals surface area contributed by atoms with E-state index in [1.807, 2.05) is 18.2 Å². The van der Waals surface area contributed by atoms with Crippen LogP contribution in [0.15, 0.2) is 40.1 Å². The number of anilines is 1. The molecule has 1 aromatic carbocycles. The van der Waals surface area contributed by atoms with E-state index in [1.165, 1.54) is 19.3 Å². The largest absolute Gasteiger partial charge is 0.493 e. The summed E-state index contributed by atoms with van der Waals surface area (Å²) >= 11 is 1.55. The lowest BCUT2D eigenvalue weighted by atomic mass is 10.1. The van der Waals surface area contributed by atoms with Gasteiger partial charge in [-0.25, -0.2) is 9.97 Å². The summed E-state index contributed by atoms with van der Waals surface area (Å²) in [5, 5.41) is 5.00. The molecular weight excluding hydrogens is 390 g/mol. The first-order chi connectivity index (χ1) is 14.3. The predicted octanol–water partition coefficient (Wildman–Crippen LogP) is 3.83. The van der Waals surface area contributed by atoms with Crippen LogP contribution in [-0.4, -0.2) is 47.4 Å². The topological polar surface area (TPSA) is 86.4 Å². The number of methoxy groups -OCH3 is 2. The third-order valence-electron chi connectivity index (χ3n) is 4.75. The fraction of sp³-hybridized carbons (Fsp3) is 0.400. The zero-order valence-electron chi connectivity index (χ0n) is 16.5. The van der Waals surface area contributed by atoms with Crippen LogP contribution in [0.1, 0.15) is 25.2 Å². The Hall–Kier alpha value is -2.81. The molecule has 0 aliphatic carbocycles. The Morgan fingerprint density at radius 2 is 1.90 bits per heavy atom. The number of ether oxygens (including phenoxy) is 2. The number of benzene rings is 1. The number of para-hydroxylation sites is 1. The maximum absolute atomic E-state index is 5.47. The molecule has 3 aromatic rings. The second-order valence-electron chi connectivity index (χ2n) is 6.57. The van der Waals surface area contributed by atoms with Gasteiger partial charge in [0.2, 0.25) is 11.7 Å². The highest BCUT2D eigenvalue weighted by molar-refractivity contribution is 7.98. The molecule has 1 aliphatic heterocycles. The van der Waals surface area contributed by atoms with Gasteiger partial charge < -0.3 is 18.9 Å². The number of piperidine rings is 1. The summed E-state index contributed by atoms with van der Waals surface area (Å²) in [6.07, 6.45) is 7.12. The Labute approximate surface area is 173 Å². The molecule has 0 amide bonds. The number of aromatic nitrogens is 4. The van der Waals surface area contributed by atoms with Crippen LogP contribution in [0.3, 0.4) is 0 Å². The molecule has 152 valence electrons. The van der Waals surface area contributed by atoms with Gasteiger partial charge in [-0.15, -0.1) is 0 Å². The van der Waals surface area contributed by atoms with E-state index in [1.54, 1.807) is 38.4 Å². The molecule has 0 atom stereocenters. The maximum Gasteiger partial charge on any atom is 0.237 e. The molecule has 3 heterocycles. The Balaban J connectivity index is 1.50. The molecular formula is C20H23N5O3S. The Bertz CT molecular complexity index is 959. The van der Waals surface area contributed by atoms with Gasteiger partial charge in [-0.1, -0.05) is 23.0 Å². The van der Waals surface area contributed by atoms with Crippen molar-refractivity contribution in [2.45, 2.75) is 30.0 Å². The average molecular weight is 414 g/mol. The standard InChI is InChI=1S/C20H23N5O3S/c1-26-15-8-6-7-14(17(15)27-2)18-23-16(28-24-18)13-29-20-19(21-9-10-22-20)25-11-4-3-5-12-25/h6-10H,3-5,11-13H2,1-2H3. The normalized spacial score (nSPS) is 14.1. The van der Waals surface area contributed by atoms with Crippen LogP contribution < -0.4 is 14.4 Å². The number of thioether (sulfide) groups is 1. The first-order valence-electron chi connectivity index (χ1n) is 9.53. The van der Waals surface area contributed by atoms with Crippen molar-refractivity contribution in [1.29, 1.82) is 0 Å². The first kappa shape index (κ1) is 19.5. The molecule has 0 unspecified atom stereocenters. The van der Waals surface area contributed by atoms with Crippen LogP contribution in [0.4, 0.5) is 5.82 Å². The van der Waals surface area contributed by atoms with Crippen molar-refractivity contribution in [3.8, 4) is 22.9 Å². The maximum atomic E-state index is 5.47. The molecule has 0 radical (unpaired) electrons. The van der Waals surface area contributed by atoms with Gasteiger partial charge >= 0.3 is 0 Å². The molecule has 8 nitrogen and oxygen atoms in total. The highest BCUT2D eigenvalue weighted by Crippen LogP contribution is 2.37. The van der Waals surface area contributed by atoms with E-state index in [2.05, 4.69) is 25.0 Å². The van der Waals surface area contributed by atoms with Gasteiger partial charge in [-0.05, 0) is 31.4 Å². The molecule has 1 fully saturated rings. The zero-order chi connectivity index (χ0) is 20.1. The van der Waals surface area contributed by atoms with E-state index in [9.17, 15) is 0 Å². The molecule has 9 heteroatoms. The van der Waals surface area contributed by atoms with Gasteiger partial charge in [0.1, 0.15) is 5.03 Å². The fourth-order valence-corrected chi connectivity index (χ4v) is 4.18. The first-order valence-corrected chi connectivity index (χ1v) is 10.5. The number of hydrogen-bond acceptors (Lipinski definition) is 9. The Kier molecular flexibility index (Phi) is 6.14. The van der Waals surface area contributed by atoms with Crippen molar-refractivity contribution in [1.82, 2.24) is 20.1 Å². The lowest BCUT2D eigenvalue weighted by molar-refractivity contribution is 0.355. The van der Waals surface area contributed by atoms with Crippen LogP contribution in [0, 0.1) is 0 Å². The summed E-state index contributed by atoms with van der Waals surface area (Å²) in [5.74, 6) is 3.63. The fourth-order valence-electron chi connectivity index (χ4n) is 3.36. The van der Waals surface area contributed by atoms with E-state index in [-0.39, 0.29) is 0 Å². The van der Waals surface area contributed by atoms with Gasteiger partial charge in [-0.2, -0.15) is 4.98 Å². The number of hydrogen-bond donors (Lipinski definition) is 0. The minimum atomic E-state index is 0.465. The van der Waals surface area contributed by atoms with Gasteiger partial charge in [0.15, 0.2) is 17.3 Å². The van der Waals surface area contributed by atoms with Gasteiger partial charge in [0.25, 0.3) is 0 Å². The molecule has 0 saturated carbocycles. The molecule has 0 spiro atoms. The second-order valence-corrected chi connectivity index (χ2v) is 7.54. The molecule has 1 aliphatic rings. The van der Waals surface area contributed by atoms with Gasteiger partial charge in [0.05, 0.1) is 25.5 Å². The SMILES string of the molecule is COc1cccc(-c2noc(CSc3nccnc3N3CCCCC3)n2)c1OC. The third-order valence-corrected chi connectivity index (χ3v) is 5.70. The van der Waals surface area contributed by atoms with Crippen molar-refractivity contribution in [2.75, 3.05) is 32.2 Å². The minimum absolute atomic E-state index is 0.465. The summed E-state index contributed by atoms with van der Waals surface area (Å²) in [6.45, 7) is 2.04.